The van der Waals surface area contributed by atoms with E-state index in [1.54, 1.807) is 6.92 Å². The molecule has 0 aromatic heterocycles. The summed E-state index contributed by atoms with van der Waals surface area (Å²) in [6, 6.07) is 0. The molecule has 0 aliphatic rings. The molecule has 0 amide bonds. The molecule has 0 saturated heterocycles. The van der Waals surface area contributed by atoms with Crippen molar-refractivity contribution in [2.75, 3.05) is 6.61 Å². The third-order valence-corrected chi connectivity index (χ3v) is 0.183. The Kier molecular flexibility index (Phi) is 13.0. The Bertz CT molecular complexity index is 232. The van der Waals surface area contributed by atoms with Gasteiger partial charge in [0.05, 0.1) is 0 Å². The first-order chi connectivity index (χ1) is 6.06. The zero-order chi connectivity index (χ0) is 12.4. The molecule has 9 nitrogen and oxygen atoms in total. The van der Waals surface area contributed by atoms with Gasteiger partial charge in [0.25, 0.3) is 0 Å². The lowest BCUT2D eigenvalue weighted by Gasteiger charge is -1.72. The van der Waals surface area contributed by atoms with Crippen LogP contribution in [0.3, 0.4) is 0 Å². The third-order valence-electron chi connectivity index (χ3n) is 0.183. The molecule has 0 rings (SSSR count). The first kappa shape index (κ1) is 18.5. The Balaban J connectivity index is -0.000000138. The molecule has 10 heteroatoms. The minimum Gasteiger partial charge on any atom is -0.473 e. The van der Waals surface area contributed by atoms with Gasteiger partial charge in [0, 0.05) is 6.61 Å². The normalized spacial score (nSPS) is 8.57. The molecule has 0 unspecified atom stereocenters. The summed E-state index contributed by atoms with van der Waals surface area (Å²) >= 11 is 0. The van der Waals surface area contributed by atoms with E-state index in [0.717, 1.165) is 0 Å². The number of carboxylic acid groups (broad SMARTS) is 2. The lowest BCUT2D eigenvalue weighted by molar-refractivity contribution is -0.159. The molecule has 0 fully saturated rings. The fourth-order valence-corrected chi connectivity index (χ4v) is 0. The smallest absolute Gasteiger partial charge is 0.414 e. The lowest BCUT2D eigenvalue weighted by atomic mass is 10.7. The summed E-state index contributed by atoms with van der Waals surface area (Å²) in [5.74, 6) is -3.65. The van der Waals surface area contributed by atoms with E-state index in [0.29, 0.717) is 0 Å². The van der Waals surface area contributed by atoms with Crippen molar-refractivity contribution in [3.05, 3.63) is 0 Å². The highest BCUT2D eigenvalue weighted by atomic mass is 32.3. The lowest BCUT2D eigenvalue weighted by Crippen LogP contribution is -2.09. The highest BCUT2D eigenvalue weighted by Gasteiger charge is 2.04. The van der Waals surface area contributed by atoms with Gasteiger partial charge in [0.1, 0.15) is 0 Å². The largest absolute Gasteiger partial charge is 0.473 e. The first-order valence-corrected chi connectivity index (χ1v) is 4.22. The maximum absolute atomic E-state index is 9.10. The van der Waals surface area contributed by atoms with Crippen LogP contribution in [0.25, 0.3) is 0 Å². The van der Waals surface area contributed by atoms with Gasteiger partial charge in [-0.1, -0.05) is 0 Å². The van der Waals surface area contributed by atoms with Gasteiger partial charge >= 0.3 is 22.3 Å². The van der Waals surface area contributed by atoms with Gasteiger partial charge in [-0.05, 0) is 6.92 Å². The van der Waals surface area contributed by atoms with Crippen LogP contribution in [0.2, 0.25) is 0 Å². The zero-order valence-corrected chi connectivity index (χ0v) is 7.80. The van der Waals surface area contributed by atoms with Crippen LogP contribution in [0.4, 0.5) is 0 Å². The molecule has 0 saturated carbocycles. The molecule has 0 atom stereocenters. The highest BCUT2D eigenvalue weighted by molar-refractivity contribution is 7.79. The monoisotopic (exact) mass is 234 g/mol. The molecule has 0 heterocycles. The van der Waals surface area contributed by atoms with Gasteiger partial charge in [0.2, 0.25) is 0 Å². The van der Waals surface area contributed by atoms with Gasteiger partial charge in [-0.25, -0.2) is 9.59 Å². The molecule has 0 aromatic rings. The minimum absolute atomic E-state index is 0.250. The quantitative estimate of drug-likeness (QED) is 0.247. The Morgan fingerprint density at radius 1 is 1.07 bits per heavy atom. The van der Waals surface area contributed by atoms with E-state index in [1.165, 1.54) is 0 Å². The molecule has 5 N–H and O–H groups in total. The predicted molar refractivity (Wildman–Crippen MR) is 42.2 cm³/mol. The van der Waals surface area contributed by atoms with E-state index in [9.17, 15) is 0 Å². The van der Waals surface area contributed by atoms with Gasteiger partial charge in [-0.15, -0.1) is 0 Å². The highest BCUT2D eigenvalue weighted by Crippen LogP contribution is 1.59. The fourth-order valence-electron chi connectivity index (χ4n) is 0. The predicted octanol–water partition coefficient (Wildman–Crippen LogP) is -1.50. The molecule has 0 bridgehead atoms. The van der Waals surface area contributed by atoms with Crippen molar-refractivity contribution in [2.24, 2.45) is 0 Å². The number of aliphatic hydroxyl groups is 1. The van der Waals surface area contributed by atoms with Gasteiger partial charge in [0.15, 0.2) is 0 Å². The maximum Gasteiger partial charge on any atom is 0.414 e. The second-order valence-corrected chi connectivity index (χ2v) is 2.27. The maximum atomic E-state index is 9.10. The number of carboxylic acids is 2. The number of aliphatic hydroxyl groups excluding tert-OH is 1. The second-order valence-electron chi connectivity index (χ2n) is 1.37. The van der Waals surface area contributed by atoms with E-state index in [-0.39, 0.29) is 6.61 Å². The van der Waals surface area contributed by atoms with Crippen LogP contribution in [0.1, 0.15) is 6.92 Å². The molecule has 0 spiro atoms. The average Bonchev–Trinajstić information content (AvgIpc) is 1.84. The summed E-state index contributed by atoms with van der Waals surface area (Å²) in [6.45, 7) is 1.93. The van der Waals surface area contributed by atoms with Crippen molar-refractivity contribution in [3.8, 4) is 0 Å². The Labute approximate surface area is 79.2 Å². The molecule has 0 aliphatic heterocycles. The molecule has 0 aliphatic carbocycles. The van der Waals surface area contributed by atoms with Crippen LogP contribution < -0.4 is 0 Å². The topological polar surface area (TPSA) is 169 Å². The van der Waals surface area contributed by atoms with E-state index in [1.807, 2.05) is 0 Å². The summed E-state index contributed by atoms with van der Waals surface area (Å²) in [5, 5.41) is 22.4. The number of hydrogen-bond donors (Lipinski definition) is 5. The third kappa shape index (κ3) is 134. The summed E-state index contributed by atoms with van der Waals surface area (Å²) in [4.78, 5) is 18.2. The zero-order valence-electron chi connectivity index (χ0n) is 6.98. The van der Waals surface area contributed by atoms with Gasteiger partial charge < -0.3 is 15.3 Å². The van der Waals surface area contributed by atoms with Crippen molar-refractivity contribution in [1.82, 2.24) is 0 Å². The van der Waals surface area contributed by atoms with Crippen LogP contribution in [0.15, 0.2) is 0 Å². The standard InChI is InChI=1S/C2H2O4.C2H6O.H2O4S/c3-1(4)2(5)6;1-2-3;1-5(2,3)4/h(H,3,4)(H,5,6);3H,2H2,1H3;(H2,1,2,3,4). The van der Waals surface area contributed by atoms with Crippen LogP contribution in [-0.4, -0.2) is 51.4 Å². The number of carbonyl (C=O) groups is 2. The summed E-state index contributed by atoms with van der Waals surface area (Å²) in [7, 11) is -4.67. The Morgan fingerprint density at radius 3 is 1.14 bits per heavy atom. The average molecular weight is 234 g/mol. The van der Waals surface area contributed by atoms with E-state index in [2.05, 4.69) is 0 Å². The van der Waals surface area contributed by atoms with Crippen LogP contribution in [0.5, 0.6) is 0 Å². The Hall–Kier alpha value is -1.23. The van der Waals surface area contributed by atoms with Crippen molar-refractivity contribution >= 4 is 22.3 Å². The van der Waals surface area contributed by atoms with Gasteiger partial charge in [-0.3, -0.25) is 9.11 Å². The van der Waals surface area contributed by atoms with Crippen molar-refractivity contribution in [1.29, 1.82) is 0 Å². The summed E-state index contributed by atoms with van der Waals surface area (Å²) in [6.07, 6.45) is 0. The minimum atomic E-state index is -4.67. The SMILES string of the molecule is CCO.O=C(O)C(=O)O.O=S(=O)(O)O. The number of rotatable bonds is 0. The van der Waals surface area contributed by atoms with Crippen molar-refractivity contribution in [2.45, 2.75) is 6.92 Å². The number of hydrogen-bond acceptors (Lipinski definition) is 5. The molecule has 14 heavy (non-hydrogen) atoms. The molecular formula is C4H10O9S. The van der Waals surface area contributed by atoms with Crippen molar-refractivity contribution in [3.63, 3.8) is 0 Å². The molecule has 86 valence electrons. The van der Waals surface area contributed by atoms with Crippen LogP contribution in [0, 0.1) is 0 Å². The van der Waals surface area contributed by atoms with Crippen LogP contribution in [-0.2, 0) is 20.0 Å². The van der Waals surface area contributed by atoms with E-state index in [4.69, 9.17) is 42.4 Å². The first-order valence-electron chi connectivity index (χ1n) is 2.83. The molecule has 0 aromatic carbocycles. The second kappa shape index (κ2) is 9.85. The van der Waals surface area contributed by atoms with E-state index < -0.39 is 22.3 Å². The summed E-state index contributed by atoms with van der Waals surface area (Å²) < 4.78 is 31.6. The molecular weight excluding hydrogens is 224 g/mol. The number of aliphatic carboxylic acids is 2. The Morgan fingerprint density at radius 2 is 1.14 bits per heavy atom. The van der Waals surface area contributed by atoms with Crippen molar-refractivity contribution < 1.29 is 42.4 Å². The summed E-state index contributed by atoms with van der Waals surface area (Å²) in [5.41, 5.74) is 0. The molecule has 0 radical (unpaired) electrons. The fraction of sp³-hybridized carbons (Fsp3) is 0.500. The van der Waals surface area contributed by atoms with Gasteiger partial charge in [-0.2, -0.15) is 8.42 Å². The van der Waals surface area contributed by atoms with E-state index >= 15 is 0 Å². The van der Waals surface area contributed by atoms with Crippen LogP contribution >= 0.6 is 0 Å².